The molecule has 27 heavy (non-hydrogen) atoms. The number of nitrogens with one attached hydrogen (secondary N) is 2. The predicted molar refractivity (Wildman–Crippen MR) is 105 cm³/mol. The Morgan fingerprint density at radius 3 is 2.00 bits per heavy atom. The summed E-state index contributed by atoms with van der Waals surface area (Å²) in [4.78, 5) is 12.3. The van der Waals surface area contributed by atoms with Gasteiger partial charge in [-0.1, -0.05) is 84.6 Å². The lowest BCUT2D eigenvalue weighted by Gasteiger charge is -2.19. The summed E-state index contributed by atoms with van der Waals surface area (Å²) in [6, 6.07) is 25.2. The van der Waals surface area contributed by atoms with Crippen molar-refractivity contribution >= 4 is 6.03 Å². The Labute approximate surface area is 158 Å². The number of benzene rings is 3. The van der Waals surface area contributed by atoms with E-state index >= 15 is 0 Å². The number of halogens is 1. The minimum atomic E-state index is -0.373. The van der Waals surface area contributed by atoms with E-state index in [1.165, 1.54) is 6.07 Å². The minimum Gasteiger partial charge on any atom is -0.327 e. The van der Waals surface area contributed by atoms with Gasteiger partial charge >= 0.3 is 6.03 Å². The highest BCUT2D eigenvalue weighted by Gasteiger charge is 2.15. The Bertz CT molecular complexity index is 907. The molecule has 0 aliphatic carbocycles. The summed E-state index contributed by atoms with van der Waals surface area (Å²) >= 11 is 0. The summed E-state index contributed by atoms with van der Waals surface area (Å²) in [5, 5.41) is 5.66. The average molecular weight is 358 g/mol. The highest BCUT2D eigenvalue weighted by molar-refractivity contribution is 5.75. The monoisotopic (exact) mass is 358 g/mol. The first-order valence-corrected chi connectivity index (χ1v) is 8.61. The third-order valence-electron chi connectivity index (χ3n) is 3.98. The van der Waals surface area contributed by atoms with Gasteiger partial charge in [0.1, 0.15) is 5.82 Å². The van der Waals surface area contributed by atoms with Crippen LogP contribution in [0.1, 0.15) is 22.7 Å². The van der Waals surface area contributed by atoms with Crippen LogP contribution in [0.3, 0.4) is 0 Å². The topological polar surface area (TPSA) is 41.1 Å². The number of carbonyl (C=O) groups excluding carboxylic acids is 1. The molecular formula is C23H19FN2O. The standard InChI is InChI=1S/C23H19FN2O/c24-21-16-8-7-10-18(21)15-9-17-25-23(27)26-22(19-11-3-1-4-12-19)20-13-5-2-6-14-20/h1-8,10-14,16,22H,17H2,(H2,25,26,27). The van der Waals surface area contributed by atoms with Crippen molar-refractivity contribution in [3.05, 3.63) is 107 Å². The summed E-state index contributed by atoms with van der Waals surface area (Å²) < 4.78 is 13.5. The number of amides is 2. The van der Waals surface area contributed by atoms with Gasteiger partial charge in [-0.2, -0.15) is 0 Å². The minimum absolute atomic E-state index is 0.121. The van der Waals surface area contributed by atoms with Crippen LogP contribution in [0.15, 0.2) is 84.9 Å². The molecule has 0 atom stereocenters. The number of rotatable bonds is 4. The molecule has 0 fully saturated rings. The largest absolute Gasteiger partial charge is 0.327 e. The first-order valence-electron chi connectivity index (χ1n) is 8.61. The van der Waals surface area contributed by atoms with Crippen LogP contribution in [0.4, 0.5) is 9.18 Å². The molecule has 0 aliphatic rings. The van der Waals surface area contributed by atoms with Crippen LogP contribution in [0.5, 0.6) is 0 Å². The Hall–Kier alpha value is -3.58. The van der Waals surface area contributed by atoms with E-state index in [0.29, 0.717) is 5.56 Å². The first kappa shape index (κ1) is 18.2. The Morgan fingerprint density at radius 2 is 1.41 bits per heavy atom. The Balaban J connectivity index is 1.65. The van der Waals surface area contributed by atoms with E-state index in [2.05, 4.69) is 22.5 Å². The van der Waals surface area contributed by atoms with Gasteiger partial charge in [-0.05, 0) is 23.3 Å². The molecule has 2 amide bonds. The van der Waals surface area contributed by atoms with Gasteiger partial charge in [-0.25, -0.2) is 9.18 Å². The van der Waals surface area contributed by atoms with Gasteiger partial charge in [0, 0.05) is 0 Å². The van der Waals surface area contributed by atoms with Crippen LogP contribution in [-0.2, 0) is 0 Å². The Morgan fingerprint density at radius 1 is 0.852 bits per heavy atom. The van der Waals surface area contributed by atoms with E-state index in [0.717, 1.165) is 11.1 Å². The second-order valence-corrected chi connectivity index (χ2v) is 5.86. The maximum atomic E-state index is 13.5. The molecule has 0 heterocycles. The molecule has 3 rings (SSSR count). The molecule has 0 bridgehead atoms. The second-order valence-electron chi connectivity index (χ2n) is 5.86. The molecule has 2 N–H and O–H groups in total. The van der Waals surface area contributed by atoms with Crippen molar-refractivity contribution in [3.8, 4) is 11.8 Å². The molecular weight excluding hydrogens is 339 g/mol. The van der Waals surface area contributed by atoms with Gasteiger partial charge < -0.3 is 10.6 Å². The van der Waals surface area contributed by atoms with Gasteiger partial charge in [0.15, 0.2) is 0 Å². The molecule has 0 unspecified atom stereocenters. The van der Waals surface area contributed by atoms with Crippen LogP contribution in [-0.4, -0.2) is 12.6 Å². The lowest BCUT2D eigenvalue weighted by Crippen LogP contribution is -2.38. The quantitative estimate of drug-likeness (QED) is 0.672. The normalized spacial score (nSPS) is 10.0. The summed E-state index contributed by atoms with van der Waals surface area (Å²) in [5.41, 5.74) is 2.28. The van der Waals surface area contributed by atoms with E-state index in [1.54, 1.807) is 18.2 Å². The van der Waals surface area contributed by atoms with E-state index in [4.69, 9.17) is 0 Å². The van der Waals surface area contributed by atoms with Crippen molar-refractivity contribution in [1.29, 1.82) is 0 Å². The number of hydrogen-bond donors (Lipinski definition) is 2. The first-order chi connectivity index (χ1) is 13.2. The van der Waals surface area contributed by atoms with Crippen molar-refractivity contribution in [3.63, 3.8) is 0 Å². The van der Waals surface area contributed by atoms with Crippen LogP contribution in [0.2, 0.25) is 0 Å². The smallest absolute Gasteiger partial charge is 0.316 e. The summed E-state index contributed by atoms with van der Waals surface area (Å²) in [6.45, 7) is 0.121. The fourth-order valence-corrected chi connectivity index (χ4v) is 2.66. The summed E-state index contributed by atoms with van der Waals surface area (Å²) in [5.74, 6) is 5.11. The van der Waals surface area contributed by atoms with Crippen LogP contribution in [0, 0.1) is 17.7 Å². The maximum absolute atomic E-state index is 13.5. The van der Waals surface area contributed by atoms with Crippen molar-refractivity contribution in [2.45, 2.75) is 6.04 Å². The number of carbonyl (C=O) groups is 1. The fourth-order valence-electron chi connectivity index (χ4n) is 2.66. The van der Waals surface area contributed by atoms with Gasteiger partial charge in [-0.3, -0.25) is 0 Å². The molecule has 0 saturated heterocycles. The van der Waals surface area contributed by atoms with Crippen LogP contribution in [0.25, 0.3) is 0 Å². The zero-order valence-electron chi connectivity index (χ0n) is 14.7. The fraction of sp³-hybridized carbons (Fsp3) is 0.0870. The van der Waals surface area contributed by atoms with E-state index < -0.39 is 0 Å². The number of urea groups is 1. The zero-order valence-corrected chi connectivity index (χ0v) is 14.7. The van der Waals surface area contributed by atoms with Gasteiger partial charge in [0.2, 0.25) is 0 Å². The molecule has 0 radical (unpaired) electrons. The third-order valence-corrected chi connectivity index (χ3v) is 3.98. The summed E-state index contributed by atoms with van der Waals surface area (Å²) in [7, 11) is 0. The Kier molecular flexibility index (Phi) is 6.21. The highest BCUT2D eigenvalue weighted by Crippen LogP contribution is 2.21. The lowest BCUT2D eigenvalue weighted by molar-refractivity contribution is 0.240. The van der Waals surface area contributed by atoms with Crippen LogP contribution < -0.4 is 10.6 Å². The van der Waals surface area contributed by atoms with E-state index in [-0.39, 0.29) is 24.4 Å². The SMILES string of the molecule is O=C(NCC#Cc1ccccc1F)NC(c1ccccc1)c1ccccc1. The predicted octanol–water partition coefficient (Wildman–Crippen LogP) is 4.27. The second kappa shape index (κ2) is 9.21. The molecule has 3 aromatic carbocycles. The highest BCUT2D eigenvalue weighted by atomic mass is 19.1. The summed E-state index contributed by atoms with van der Waals surface area (Å²) in [6.07, 6.45) is 0. The third kappa shape index (κ3) is 5.20. The van der Waals surface area contributed by atoms with Crippen molar-refractivity contribution in [2.75, 3.05) is 6.54 Å². The van der Waals surface area contributed by atoms with Gasteiger partial charge in [0.25, 0.3) is 0 Å². The molecule has 4 heteroatoms. The maximum Gasteiger partial charge on any atom is 0.316 e. The molecule has 3 nitrogen and oxygen atoms in total. The lowest BCUT2D eigenvalue weighted by atomic mass is 9.99. The van der Waals surface area contributed by atoms with Crippen LogP contribution >= 0.6 is 0 Å². The zero-order chi connectivity index (χ0) is 18.9. The number of hydrogen-bond acceptors (Lipinski definition) is 1. The van der Waals surface area contributed by atoms with Crippen molar-refractivity contribution in [1.82, 2.24) is 10.6 Å². The van der Waals surface area contributed by atoms with Gasteiger partial charge in [0.05, 0.1) is 18.2 Å². The molecule has 3 aromatic rings. The molecule has 0 aromatic heterocycles. The average Bonchev–Trinajstić information content (AvgIpc) is 2.72. The van der Waals surface area contributed by atoms with E-state index in [1.807, 2.05) is 60.7 Å². The van der Waals surface area contributed by atoms with Crippen molar-refractivity contribution < 1.29 is 9.18 Å². The molecule has 134 valence electrons. The molecule has 0 aliphatic heterocycles. The van der Waals surface area contributed by atoms with Crippen molar-refractivity contribution in [2.24, 2.45) is 0 Å². The van der Waals surface area contributed by atoms with Gasteiger partial charge in [-0.15, -0.1) is 0 Å². The molecule has 0 spiro atoms. The molecule has 0 saturated carbocycles. The van der Waals surface area contributed by atoms with E-state index in [9.17, 15) is 9.18 Å².